The van der Waals surface area contributed by atoms with E-state index in [0.29, 0.717) is 53.0 Å². The molecule has 1 amide bonds. The highest BCUT2D eigenvalue weighted by Crippen LogP contribution is 2.31. The van der Waals surface area contributed by atoms with Crippen LogP contribution in [-0.2, 0) is 4.79 Å². The van der Waals surface area contributed by atoms with Gasteiger partial charge in [0.15, 0.2) is 5.82 Å². The molecule has 2 fully saturated rings. The third-order valence-electron chi connectivity index (χ3n) is 5.80. The fourth-order valence-electron chi connectivity index (χ4n) is 3.98. The lowest BCUT2D eigenvalue weighted by atomic mass is 10.1. The van der Waals surface area contributed by atoms with Crippen LogP contribution in [0.25, 0.3) is 0 Å². The van der Waals surface area contributed by atoms with Crippen molar-refractivity contribution < 1.29 is 13.6 Å². The Morgan fingerprint density at radius 3 is 2.58 bits per heavy atom. The van der Waals surface area contributed by atoms with Gasteiger partial charge in [0.05, 0.1) is 24.8 Å². The van der Waals surface area contributed by atoms with Gasteiger partial charge in [0.25, 0.3) is 5.92 Å². The molecule has 0 bridgehead atoms. The maximum atomic E-state index is 13.4. The quantitative estimate of drug-likeness (QED) is 0.615. The van der Waals surface area contributed by atoms with Crippen LogP contribution in [0.4, 0.5) is 20.5 Å². The number of carbonyl (C=O) groups excluding carboxylic acids is 1. The summed E-state index contributed by atoms with van der Waals surface area (Å²) in [5, 5.41) is 7.32. The minimum atomic E-state index is -2.84. The molecular formula is C21H23Cl3F2N6O. The molecule has 0 saturated carbocycles. The molecule has 33 heavy (non-hydrogen) atoms. The Bertz CT molecular complexity index is 1040. The molecule has 2 aromatic rings. The molecular weight excluding hydrogens is 497 g/mol. The summed E-state index contributed by atoms with van der Waals surface area (Å²) in [5.41, 5.74) is 0.843. The van der Waals surface area contributed by atoms with Gasteiger partial charge in [-0.15, -0.1) is 0 Å². The predicted octanol–water partition coefficient (Wildman–Crippen LogP) is 4.26. The van der Waals surface area contributed by atoms with E-state index < -0.39 is 24.9 Å². The molecule has 0 spiro atoms. The highest BCUT2D eigenvalue weighted by atomic mass is 35.5. The van der Waals surface area contributed by atoms with Crippen LogP contribution in [0.15, 0.2) is 24.4 Å². The molecule has 2 aliphatic heterocycles. The molecule has 7 nitrogen and oxygen atoms in total. The van der Waals surface area contributed by atoms with E-state index in [0.717, 1.165) is 5.56 Å². The molecule has 4 rings (SSSR count). The number of rotatable bonds is 5. The largest absolute Gasteiger partial charge is 0.362 e. The Labute approximate surface area is 205 Å². The highest BCUT2D eigenvalue weighted by molar-refractivity contribution is 6.35. The molecule has 3 heterocycles. The number of hydrogen-bond donors (Lipinski definition) is 2. The van der Waals surface area contributed by atoms with Crippen LogP contribution in [0.2, 0.25) is 15.1 Å². The number of nitrogens with one attached hydrogen (secondary N) is 2. The summed E-state index contributed by atoms with van der Waals surface area (Å²) in [5.74, 6) is -2.21. The maximum Gasteiger partial charge on any atom is 0.262 e. The van der Waals surface area contributed by atoms with Gasteiger partial charge in [0.1, 0.15) is 5.02 Å². The number of nitrogens with zero attached hydrogens (tertiary/aromatic N) is 4. The summed E-state index contributed by atoms with van der Waals surface area (Å²) in [6.45, 7) is 3.22. The van der Waals surface area contributed by atoms with Crippen LogP contribution in [0.3, 0.4) is 0 Å². The van der Waals surface area contributed by atoms with Crippen molar-refractivity contribution in [2.45, 2.75) is 31.4 Å². The Hall–Kier alpha value is -1.94. The molecule has 178 valence electrons. The van der Waals surface area contributed by atoms with Crippen LogP contribution in [-0.4, -0.2) is 65.5 Å². The molecule has 12 heteroatoms. The van der Waals surface area contributed by atoms with E-state index in [4.69, 9.17) is 34.8 Å². The van der Waals surface area contributed by atoms with Gasteiger partial charge < -0.3 is 15.1 Å². The Morgan fingerprint density at radius 1 is 1.21 bits per heavy atom. The lowest BCUT2D eigenvalue weighted by Crippen LogP contribution is -2.53. The van der Waals surface area contributed by atoms with E-state index in [2.05, 4.69) is 20.6 Å². The number of aromatic nitrogens is 2. The van der Waals surface area contributed by atoms with E-state index in [1.807, 2.05) is 17.9 Å². The molecule has 1 aromatic heterocycles. The first-order chi connectivity index (χ1) is 15.6. The van der Waals surface area contributed by atoms with Gasteiger partial charge in [-0.25, -0.2) is 13.8 Å². The molecule has 2 saturated heterocycles. The van der Waals surface area contributed by atoms with E-state index >= 15 is 0 Å². The second-order valence-corrected chi connectivity index (χ2v) is 9.46. The number of halogens is 5. The number of hydrogen-bond acceptors (Lipinski definition) is 6. The highest BCUT2D eigenvalue weighted by Gasteiger charge is 2.43. The molecule has 0 radical (unpaired) electrons. The maximum absolute atomic E-state index is 13.4. The molecule has 1 aromatic carbocycles. The second kappa shape index (κ2) is 9.74. The van der Waals surface area contributed by atoms with Crippen molar-refractivity contribution in [3.8, 4) is 0 Å². The minimum absolute atomic E-state index is 0.193. The van der Waals surface area contributed by atoms with Crippen molar-refractivity contribution in [3.63, 3.8) is 0 Å². The summed E-state index contributed by atoms with van der Waals surface area (Å²) >= 11 is 18.6. The van der Waals surface area contributed by atoms with Crippen LogP contribution in [0, 0.1) is 0 Å². The third-order valence-corrected chi connectivity index (χ3v) is 6.63. The van der Waals surface area contributed by atoms with Gasteiger partial charge in [-0.05, 0) is 24.6 Å². The predicted molar refractivity (Wildman–Crippen MR) is 126 cm³/mol. The van der Waals surface area contributed by atoms with Gasteiger partial charge in [0.2, 0.25) is 11.9 Å². The first kappa shape index (κ1) is 24.2. The normalized spacial score (nSPS) is 21.2. The Balaban J connectivity index is 1.39. The number of amides is 1. The third kappa shape index (κ3) is 5.59. The van der Waals surface area contributed by atoms with Crippen LogP contribution in [0.5, 0.6) is 0 Å². The Kier molecular flexibility index (Phi) is 7.14. The average Bonchev–Trinajstić information content (AvgIpc) is 3.14. The second-order valence-electron chi connectivity index (χ2n) is 8.20. The number of piperazine rings is 1. The van der Waals surface area contributed by atoms with Crippen molar-refractivity contribution in [2.75, 3.05) is 42.9 Å². The standard InChI is InChI=1S/C21H23Cl3F2N6O/c1-12(14-3-2-13(22)8-15(14)23)29-18-16(24)10-27-20(30-18)32-6-4-31(5-7-32)19(33)17-9-21(25,26)11-28-17/h2-3,8,10,12,17,28H,4-7,9,11H2,1H3,(H,27,29,30)/t12-,17-/m1/s1. The fraction of sp³-hybridized carbons (Fsp3) is 0.476. The first-order valence-electron chi connectivity index (χ1n) is 10.5. The van der Waals surface area contributed by atoms with Gasteiger partial charge in [-0.3, -0.25) is 10.1 Å². The van der Waals surface area contributed by atoms with E-state index in [9.17, 15) is 13.6 Å². The number of carbonyl (C=O) groups is 1. The molecule has 2 aliphatic rings. The summed E-state index contributed by atoms with van der Waals surface area (Å²) in [7, 11) is 0. The molecule has 0 aliphatic carbocycles. The fourth-order valence-corrected chi connectivity index (χ4v) is 4.70. The van der Waals surface area contributed by atoms with E-state index in [1.54, 1.807) is 17.0 Å². The van der Waals surface area contributed by atoms with Crippen molar-refractivity contribution >= 4 is 52.5 Å². The van der Waals surface area contributed by atoms with Gasteiger partial charge in [-0.1, -0.05) is 40.9 Å². The van der Waals surface area contributed by atoms with E-state index in [-0.39, 0.29) is 11.9 Å². The SMILES string of the molecule is C[C@@H](Nc1nc(N2CCN(C(=O)[C@H]3CC(F)(F)CN3)CC2)ncc1Cl)c1ccc(Cl)cc1Cl. The summed E-state index contributed by atoms with van der Waals surface area (Å²) in [4.78, 5) is 25.0. The van der Waals surface area contributed by atoms with Crippen molar-refractivity contribution in [1.82, 2.24) is 20.2 Å². The van der Waals surface area contributed by atoms with Crippen LogP contribution >= 0.6 is 34.8 Å². The van der Waals surface area contributed by atoms with Crippen LogP contribution < -0.4 is 15.5 Å². The van der Waals surface area contributed by atoms with Crippen LogP contribution in [0.1, 0.15) is 24.9 Å². The number of benzene rings is 1. The zero-order valence-corrected chi connectivity index (χ0v) is 20.1. The number of anilines is 2. The lowest BCUT2D eigenvalue weighted by Gasteiger charge is -2.36. The Morgan fingerprint density at radius 2 is 1.94 bits per heavy atom. The van der Waals surface area contributed by atoms with Gasteiger partial charge in [-0.2, -0.15) is 4.98 Å². The monoisotopic (exact) mass is 518 g/mol. The first-order valence-corrected chi connectivity index (χ1v) is 11.7. The van der Waals surface area contributed by atoms with E-state index in [1.165, 1.54) is 6.20 Å². The lowest BCUT2D eigenvalue weighted by molar-refractivity contribution is -0.134. The molecule has 0 unspecified atom stereocenters. The van der Waals surface area contributed by atoms with Gasteiger partial charge >= 0.3 is 0 Å². The molecule has 2 atom stereocenters. The number of alkyl halides is 2. The summed E-state index contributed by atoms with van der Waals surface area (Å²) < 4.78 is 26.9. The smallest absolute Gasteiger partial charge is 0.262 e. The van der Waals surface area contributed by atoms with Crippen molar-refractivity contribution in [3.05, 3.63) is 45.0 Å². The van der Waals surface area contributed by atoms with Gasteiger partial charge in [0, 0.05) is 42.6 Å². The topological polar surface area (TPSA) is 73.4 Å². The minimum Gasteiger partial charge on any atom is -0.362 e. The van der Waals surface area contributed by atoms with Crippen molar-refractivity contribution in [1.29, 1.82) is 0 Å². The zero-order valence-electron chi connectivity index (χ0n) is 17.8. The summed E-state index contributed by atoms with van der Waals surface area (Å²) in [6, 6.07) is 4.24. The molecule has 2 N–H and O–H groups in total. The van der Waals surface area contributed by atoms with Crippen molar-refractivity contribution in [2.24, 2.45) is 0 Å². The average molecular weight is 520 g/mol. The summed E-state index contributed by atoms with van der Waals surface area (Å²) in [6.07, 6.45) is 1.06. The zero-order chi connectivity index (χ0) is 23.8.